The lowest BCUT2D eigenvalue weighted by atomic mass is 10.0. The lowest BCUT2D eigenvalue weighted by Gasteiger charge is -2.22. The van der Waals surface area contributed by atoms with Gasteiger partial charge in [-0.25, -0.2) is 0 Å². The summed E-state index contributed by atoms with van der Waals surface area (Å²) in [7, 11) is 0. The Morgan fingerprint density at radius 3 is 1.00 bits per heavy atom. The van der Waals surface area contributed by atoms with Gasteiger partial charge in [0.2, 0.25) is 5.91 Å². The van der Waals surface area contributed by atoms with Crippen molar-refractivity contribution >= 4 is 5.91 Å². The topological polar surface area (TPSA) is 69.6 Å². The predicted octanol–water partition coefficient (Wildman–Crippen LogP) is 16.2. The van der Waals surface area contributed by atoms with Crippen LogP contribution in [0.5, 0.6) is 0 Å². The highest BCUT2D eigenvalue weighted by molar-refractivity contribution is 5.76. The summed E-state index contributed by atoms with van der Waals surface area (Å²) in [6, 6.07) is -0.536. The molecule has 0 aliphatic heterocycles. The van der Waals surface area contributed by atoms with Gasteiger partial charge in [0.05, 0.1) is 18.8 Å². The Morgan fingerprint density at radius 1 is 0.418 bits per heavy atom. The minimum Gasteiger partial charge on any atom is -0.394 e. The lowest BCUT2D eigenvalue weighted by Crippen LogP contribution is -2.45. The minimum atomic E-state index is -0.659. The monoisotopic (exact) mass is 776 g/mol. The summed E-state index contributed by atoms with van der Waals surface area (Å²) in [5.41, 5.74) is 0. The number of amides is 1. The summed E-state index contributed by atoms with van der Waals surface area (Å²) < 4.78 is 0. The number of rotatable bonds is 47. The molecule has 0 aromatic carbocycles. The van der Waals surface area contributed by atoms with E-state index in [1.54, 1.807) is 0 Å². The van der Waals surface area contributed by atoms with Crippen molar-refractivity contribution in [2.75, 3.05) is 6.61 Å². The molecule has 0 aromatic heterocycles. The van der Waals surface area contributed by atoms with E-state index in [2.05, 4.69) is 31.3 Å². The number of unbranched alkanes of at least 4 members (excludes halogenated alkanes) is 38. The van der Waals surface area contributed by atoms with E-state index in [1.807, 2.05) is 0 Å². The van der Waals surface area contributed by atoms with E-state index < -0.39 is 12.1 Å². The van der Waals surface area contributed by atoms with E-state index in [4.69, 9.17) is 0 Å². The van der Waals surface area contributed by atoms with Gasteiger partial charge in [0.15, 0.2) is 0 Å². The van der Waals surface area contributed by atoms with Gasteiger partial charge in [-0.2, -0.15) is 0 Å². The van der Waals surface area contributed by atoms with Crippen molar-refractivity contribution in [3.8, 4) is 0 Å². The minimum absolute atomic E-state index is 0.0311. The number of allylic oxidation sites excluding steroid dienone is 2. The maximum absolute atomic E-state index is 12.4. The molecule has 328 valence electrons. The van der Waals surface area contributed by atoms with E-state index in [9.17, 15) is 15.0 Å². The highest BCUT2D eigenvalue weighted by atomic mass is 16.3. The van der Waals surface area contributed by atoms with Crippen molar-refractivity contribution in [2.45, 2.75) is 302 Å². The fourth-order valence-electron chi connectivity index (χ4n) is 8.12. The Hall–Kier alpha value is -0.870. The van der Waals surface area contributed by atoms with E-state index in [-0.39, 0.29) is 12.5 Å². The molecule has 0 spiro atoms. The molecule has 55 heavy (non-hydrogen) atoms. The van der Waals surface area contributed by atoms with Gasteiger partial charge in [0.25, 0.3) is 0 Å². The normalized spacial score (nSPS) is 12.9. The van der Waals surface area contributed by atoms with Gasteiger partial charge < -0.3 is 15.5 Å². The average molecular weight is 776 g/mol. The van der Waals surface area contributed by atoms with E-state index in [0.717, 1.165) is 25.7 Å². The summed E-state index contributed by atoms with van der Waals surface area (Å²) in [4.78, 5) is 12.4. The molecule has 3 N–H and O–H groups in total. The molecule has 0 rings (SSSR count). The molecular formula is C51H101NO3. The summed E-state index contributed by atoms with van der Waals surface area (Å²) in [5, 5.41) is 23.3. The number of hydrogen-bond acceptors (Lipinski definition) is 3. The second kappa shape index (κ2) is 47.5. The van der Waals surface area contributed by atoms with Crippen LogP contribution in [0.4, 0.5) is 0 Å². The third kappa shape index (κ3) is 44.1. The first-order valence-electron chi connectivity index (χ1n) is 25.4. The quantitative estimate of drug-likeness (QED) is 0.0426. The zero-order valence-corrected chi connectivity index (χ0v) is 37.7. The highest BCUT2D eigenvalue weighted by Gasteiger charge is 2.20. The fourth-order valence-corrected chi connectivity index (χ4v) is 8.12. The fraction of sp³-hybridized carbons (Fsp3) is 0.941. The van der Waals surface area contributed by atoms with Crippen LogP contribution in [0, 0.1) is 0 Å². The Kier molecular flexibility index (Phi) is 46.8. The summed E-state index contributed by atoms with van der Waals surface area (Å²) >= 11 is 0. The van der Waals surface area contributed by atoms with Gasteiger partial charge in [-0.05, 0) is 38.5 Å². The zero-order chi connectivity index (χ0) is 40.0. The first-order chi connectivity index (χ1) is 27.2. The molecule has 0 aliphatic carbocycles. The predicted molar refractivity (Wildman–Crippen MR) is 244 cm³/mol. The Labute approximate surface area is 346 Å². The number of nitrogens with one attached hydrogen (secondary N) is 1. The van der Waals surface area contributed by atoms with Gasteiger partial charge in [0, 0.05) is 6.42 Å². The number of carbonyl (C=O) groups excluding carboxylic acids is 1. The average Bonchev–Trinajstić information content (AvgIpc) is 3.19. The van der Waals surface area contributed by atoms with Crippen molar-refractivity contribution in [2.24, 2.45) is 0 Å². The van der Waals surface area contributed by atoms with Crippen LogP contribution in [-0.2, 0) is 4.79 Å². The molecular weight excluding hydrogens is 675 g/mol. The summed E-state index contributed by atoms with van der Waals surface area (Å²) in [6.45, 7) is 4.39. The molecule has 0 aliphatic rings. The molecule has 0 aromatic rings. The number of aliphatic hydroxyl groups is 2. The third-order valence-corrected chi connectivity index (χ3v) is 12.0. The molecule has 2 atom stereocenters. The molecule has 0 heterocycles. The van der Waals surface area contributed by atoms with Gasteiger partial charge >= 0.3 is 0 Å². The standard InChI is InChI=1S/C51H101NO3/c1-3-5-7-9-11-13-15-17-19-21-23-24-25-26-27-29-30-32-34-36-38-40-42-44-46-50(54)49(48-53)52-51(55)47-45-43-41-39-37-35-33-31-28-22-20-18-16-14-12-10-8-6-4-2/h22,28,49-50,53-54H,3-21,23-27,29-48H2,1-2H3,(H,52,55)/b28-22-. The zero-order valence-electron chi connectivity index (χ0n) is 37.7. The first-order valence-corrected chi connectivity index (χ1v) is 25.4. The number of carbonyl (C=O) groups is 1. The van der Waals surface area contributed by atoms with Gasteiger partial charge in [-0.15, -0.1) is 0 Å². The largest absolute Gasteiger partial charge is 0.394 e. The molecule has 0 saturated carbocycles. The number of hydrogen-bond donors (Lipinski definition) is 3. The maximum Gasteiger partial charge on any atom is 0.220 e. The Bertz CT molecular complexity index is 754. The first kappa shape index (κ1) is 54.1. The second-order valence-corrected chi connectivity index (χ2v) is 17.6. The van der Waals surface area contributed by atoms with Crippen LogP contribution >= 0.6 is 0 Å². The van der Waals surface area contributed by atoms with Crippen molar-refractivity contribution in [1.82, 2.24) is 5.32 Å². The van der Waals surface area contributed by atoms with Crippen molar-refractivity contribution < 1.29 is 15.0 Å². The van der Waals surface area contributed by atoms with Crippen LogP contribution in [0.15, 0.2) is 12.2 Å². The van der Waals surface area contributed by atoms with Crippen LogP contribution in [0.25, 0.3) is 0 Å². The van der Waals surface area contributed by atoms with E-state index >= 15 is 0 Å². The van der Waals surface area contributed by atoms with Crippen molar-refractivity contribution in [3.63, 3.8) is 0 Å². The molecule has 0 radical (unpaired) electrons. The molecule has 0 saturated heterocycles. The molecule has 4 nitrogen and oxygen atoms in total. The van der Waals surface area contributed by atoms with E-state index in [0.29, 0.717) is 12.8 Å². The van der Waals surface area contributed by atoms with Crippen LogP contribution in [0.2, 0.25) is 0 Å². The van der Waals surface area contributed by atoms with Crippen LogP contribution in [-0.4, -0.2) is 34.9 Å². The summed E-state index contributed by atoms with van der Waals surface area (Å²) in [6.07, 6.45) is 60.3. The van der Waals surface area contributed by atoms with Crippen LogP contribution in [0.3, 0.4) is 0 Å². The Morgan fingerprint density at radius 2 is 0.691 bits per heavy atom. The third-order valence-electron chi connectivity index (χ3n) is 12.0. The van der Waals surface area contributed by atoms with E-state index in [1.165, 1.54) is 238 Å². The summed E-state index contributed by atoms with van der Waals surface area (Å²) in [5.74, 6) is -0.0311. The maximum atomic E-state index is 12.4. The SMILES string of the molecule is CCCCCCCCCC/C=C\CCCCCCCCCC(=O)NC(CO)C(O)CCCCCCCCCCCCCCCCCCCCCCCCCC. The molecule has 0 fully saturated rings. The van der Waals surface area contributed by atoms with Crippen molar-refractivity contribution in [3.05, 3.63) is 12.2 Å². The second-order valence-electron chi connectivity index (χ2n) is 17.6. The van der Waals surface area contributed by atoms with Gasteiger partial charge in [-0.3, -0.25) is 4.79 Å². The van der Waals surface area contributed by atoms with Gasteiger partial charge in [-0.1, -0.05) is 257 Å². The van der Waals surface area contributed by atoms with Gasteiger partial charge in [0.1, 0.15) is 0 Å². The lowest BCUT2D eigenvalue weighted by molar-refractivity contribution is -0.123. The number of aliphatic hydroxyl groups excluding tert-OH is 2. The highest BCUT2D eigenvalue weighted by Crippen LogP contribution is 2.17. The molecule has 0 bridgehead atoms. The smallest absolute Gasteiger partial charge is 0.220 e. The Balaban J connectivity index is 3.45. The van der Waals surface area contributed by atoms with Crippen LogP contribution in [0.1, 0.15) is 290 Å². The molecule has 4 heteroatoms. The molecule has 2 unspecified atom stereocenters. The van der Waals surface area contributed by atoms with Crippen molar-refractivity contribution in [1.29, 1.82) is 0 Å². The molecule has 1 amide bonds. The van der Waals surface area contributed by atoms with Crippen LogP contribution < -0.4 is 5.32 Å².